The Morgan fingerprint density at radius 1 is 1.23 bits per heavy atom. The largest absolute Gasteiger partial charge is 0.351 e. The quantitative estimate of drug-likeness (QED) is 0.907. The molecular weight excluding hydrogens is 276 g/mol. The van der Waals surface area contributed by atoms with Gasteiger partial charge in [-0.15, -0.1) is 0 Å². The molecule has 0 amide bonds. The Morgan fingerprint density at radius 3 is 2.73 bits per heavy atom. The number of hydrogen-bond donors (Lipinski definition) is 1. The highest BCUT2D eigenvalue weighted by atomic mass is 16.1. The van der Waals surface area contributed by atoms with E-state index in [0.29, 0.717) is 6.04 Å². The van der Waals surface area contributed by atoms with Gasteiger partial charge in [-0.3, -0.25) is 4.79 Å². The standard InChI is InChI=1S/C17H28N4O/c1-13(2)21-17(22)10-9-16(19-21)20-11-4-3-8-15(20)12-18-14-6-5-7-14/h9-10,13-15,18H,3-8,11-12H2,1-2H3. The summed E-state index contributed by atoms with van der Waals surface area (Å²) in [5.41, 5.74) is -0.0140. The third-order valence-corrected chi connectivity index (χ3v) is 4.97. The normalized spacial score (nSPS) is 22.9. The maximum Gasteiger partial charge on any atom is 0.267 e. The van der Waals surface area contributed by atoms with Crippen LogP contribution in [0.5, 0.6) is 0 Å². The van der Waals surface area contributed by atoms with Crippen LogP contribution in [0.2, 0.25) is 0 Å². The minimum absolute atomic E-state index is 0.0140. The highest BCUT2D eigenvalue weighted by molar-refractivity contribution is 5.39. The first-order valence-electron chi connectivity index (χ1n) is 8.75. The molecule has 1 saturated carbocycles. The molecule has 5 heteroatoms. The molecule has 1 N–H and O–H groups in total. The van der Waals surface area contributed by atoms with Gasteiger partial charge in [0.25, 0.3) is 5.56 Å². The monoisotopic (exact) mass is 304 g/mol. The predicted octanol–water partition coefficient (Wildman–Crippen LogP) is 2.33. The third-order valence-electron chi connectivity index (χ3n) is 4.97. The number of piperidine rings is 1. The van der Waals surface area contributed by atoms with E-state index in [2.05, 4.69) is 15.3 Å². The highest BCUT2D eigenvalue weighted by Crippen LogP contribution is 2.24. The molecular formula is C17H28N4O. The minimum atomic E-state index is -0.0140. The van der Waals surface area contributed by atoms with Crippen LogP contribution in [0.4, 0.5) is 5.82 Å². The lowest BCUT2D eigenvalue weighted by molar-refractivity contribution is 0.316. The average molecular weight is 304 g/mol. The first kappa shape index (κ1) is 15.5. The lowest BCUT2D eigenvalue weighted by atomic mass is 9.92. The van der Waals surface area contributed by atoms with Gasteiger partial charge in [0.2, 0.25) is 0 Å². The van der Waals surface area contributed by atoms with E-state index in [9.17, 15) is 4.79 Å². The summed E-state index contributed by atoms with van der Waals surface area (Å²) in [6.45, 7) is 6.08. The summed E-state index contributed by atoms with van der Waals surface area (Å²) in [6, 6.07) is 4.88. The van der Waals surface area contributed by atoms with Gasteiger partial charge in [0.1, 0.15) is 5.82 Å². The number of rotatable bonds is 5. The lowest BCUT2D eigenvalue weighted by Crippen LogP contribution is -2.49. The van der Waals surface area contributed by atoms with Crippen molar-refractivity contribution in [2.45, 2.75) is 70.5 Å². The summed E-state index contributed by atoms with van der Waals surface area (Å²) < 4.78 is 1.60. The zero-order valence-electron chi connectivity index (χ0n) is 13.8. The van der Waals surface area contributed by atoms with Crippen LogP contribution in [-0.4, -0.2) is 35.0 Å². The lowest BCUT2D eigenvalue weighted by Gasteiger charge is -2.38. The highest BCUT2D eigenvalue weighted by Gasteiger charge is 2.26. The molecule has 1 aliphatic carbocycles. The number of nitrogens with zero attached hydrogens (tertiary/aromatic N) is 3. The Bertz CT molecular complexity index is 550. The molecule has 1 aliphatic heterocycles. The summed E-state index contributed by atoms with van der Waals surface area (Å²) in [4.78, 5) is 14.3. The topological polar surface area (TPSA) is 50.2 Å². The fourth-order valence-corrected chi connectivity index (χ4v) is 3.37. The second kappa shape index (κ2) is 6.82. The summed E-state index contributed by atoms with van der Waals surface area (Å²) >= 11 is 0. The first-order valence-corrected chi connectivity index (χ1v) is 8.75. The maximum absolute atomic E-state index is 11.9. The number of aromatic nitrogens is 2. The fraction of sp³-hybridized carbons (Fsp3) is 0.765. The molecule has 2 aliphatic rings. The van der Waals surface area contributed by atoms with Gasteiger partial charge in [-0.2, -0.15) is 5.10 Å². The van der Waals surface area contributed by atoms with Gasteiger partial charge in [0, 0.05) is 31.2 Å². The van der Waals surface area contributed by atoms with Gasteiger partial charge in [-0.05, 0) is 52.0 Å². The molecule has 3 rings (SSSR count). The van der Waals surface area contributed by atoms with E-state index in [4.69, 9.17) is 0 Å². The van der Waals surface area contributed by atoms with Crippen LogP contribution in [-0.2, 0) is 0 Å². The Kier molecular flexibility index (Phi) is 4.81. The molecule has 0 aromatic carbocycles. The van der Waals surface area contributed by atoms with Crippen LogP contribution in [0.3, 0.4) is 0 Å². The molecule has 22 heavy (non-hydrogen) atoms. The summed E-state index contributed by atoms with van der Waals surface area (Å²) in [7, 11) is 0. The Morgan fingerprint density at radius 2 is 2.05 bits per heavy atom. The van der Waals surface area contributed by atoms with E-state index < -0.39 is 0 Å². The molecule has 1 aromatic rings. The Labute approximate surface area is 132 Å². The fourth-order valence-electron chi connectivity index (χ4n) is 3.37. The van der Waals surface area contributed by atoms with E-state index in [-0.39, 0.29) is 11.6 Å². The van der Waals surface area contributed by atoms with Crippen LogP contribution >= 0.6 is 0 Å². The van der Waals surface area contributed by atoms with Crippen molar-refractivity contribution in [2.75, 3.05) is 18.0 Å². The van der Waals surface area contributed by atoms with Crippen molar-refractivity contribution in [1.82, 2.24) is 15.1 Å². The SMILES string of the molecule is CC(C)n1nc(N2CCCCC2CNC2CCC2)ccc1=O. The smallest absolute Gasteiger partial charge is 0.267 e. The second-order valence-electron chi connectivity index (χ2n) is 6.95. The van der Waals surface area contributed by atoms with Gasteiger partial charge >= 0.3 is 0 Å². The van der Waals surface area contributed by atoms with Crippen LogP contribution in [0.25, 0.3) is 0 Å². The van der Waals surface area contributed by atoms with Crippen molar-refractivity contribution in [3.8, 4) is 0 Å². The van der Waals surface area contributed by atoms with Crippen LogP contribution < -0.4 is 15.8 Å². The van der Waals surface area contributed by atoms with E-state index in [1.165, 1.54) is 38.5 Å². The van der Waals surface area contributed by atoms with Crippen LogP contribution in [0, 0.1) is 0 Å². The van der Waals surface area contributed by atoms with Crippen molar-refractivity contribution in [3.05, 3.63) is 22.5 Å². The van der Waals surface area contributed by atoms with Crippen molar-refractivity contribution < 1.29 is 0 Å². The molecule has 0 spiro atoms. The first-order chi connectivity index (χ1) is 10.6. The zero-order chi connectivity index (χ0) is 15.5. The third kappa shape index (κ3) is 3.35. The molecule has 0 bridgehead atoms. The van der Waals surface area contributed by atoms with E-state index >= 15 is 0 Å². The molecule has 1 atom stereocenters. The van der Waals surface area contributed by atoms with Gasteiger partial charge in [-0.1, -0.05) is 6.42 Å². The Balaban J connectivity index is 1.74. The van der Waals surface area contributed by atoms with Crippen molar-refractivity contribution in [1.29, 1.82) is 0 Å². The second-order valence-corrected chi connectivity index (χ2v) is 6.95. The maximum atomic E-state index is 11.9. The summed E-state index contributed by atoms with van der Waals surface area (Å²) in [5.74, 6) is 0.952. The van der Waals surface area contributed by atoms with Gasteiger partial charge in [-0.25, -0.2) is 4.68 Å². The van der Waals surface area contributed by atoms with Gasteiger partial charge in [0.05, 0.1) is 6.04 Å². The van der Waals surface area contributed by atoms with E-state index in [0.717, 1.165) is 24.9 Å². The van der Waals surface area contributed by atoms with Gasteiger partial charge in [0.15, 0.2) is 0 Å². The molecule has 0 radical (unpaired) electrons. The van der Waals surface area contributed by atoms with Crippen molar-refractivity contribution >= 4 is 5.82 Å². The molecule has 1 aromatic heterocycles. The molecule has 122 valence electrons. The summed E-state index contributed by atoms with van der Waals surface area (Å²) in [5, 5.41) is 8.31. The van der Waals surface area contributed by atoms with E-state index in [1.54, 1.807) is 10.7 Å². The van der Waals surface area contributed by atoms with Crippen molar-refractivity contribution in [3.63, 3.8) is 0 Å². The number of hydrogen-bond acceptors (Lipinski definition) is 4. The molecule has 2 fully saturated rings. The van der Waals surface area contributed by atoms with E-state index in [1.807, 2.05) is 19.9 Å². The number of anilines is 1. The summed E-state index contributed by atoms with van der Waals surface area (Å²) in [6.07, 6.45) is 7.72. The van der Waals surface area contributed by atoms with Crippen LogP contribution in [0.15, 0.2) is 16.9 Å². The zero-order valence-corrected chi connectivity index (χ0v) is 13.8. The molecule has 2 heterocycles. The molecule has 5 nitrogen and oxygen atoms in total. The van der Waals surface area contributed by atoms with Gasteiger partial charge < -0.3 is 10.2 Å². The van der Waals surface area contributed by atoms with Crippen molar-refractivity contribution in [2.24, 2.45) is 0 Å². The van der Waals surface area contributed by atoms with Crippen LogP contribution in [0.1, 0.15) is 58.4 Å². The predicted molar refractivity (Wildman–Crippen MR) is 89.5 cm³/mol. The minimum Gasteiger partial charge on any atom is -0.351 e. The molecule has 1 unspecified atom stereocenters. The Hall–Kier alpha value is -1.36. The molecule has 1 saturated heterocycles. The average Bonchev–Trinajstić information content (AvgIpc) is 2.46. The number of nitrogens with one attached hydrogen (secondary N) is 1.